The van der Waals surface area contributed by atoms with Gasteiger partial charge in [-0.25, -0.2) is 9.67 Å². The molecule has 0 bridgehead atoms. The number of carbonyl (C=O) groups is 1. The maximum absolute atomic E-state index is 12.5. The van der Waals surface area contributed by atoms with Gasteiger partial charge in [0.1, 0.15) is 10.8 Å². The Bertz CT molecular complexity index is 679. The summed E-state index contributed by atoms with van der Waals surface area (Å²) < 4.78 is 39.0. The number of rotatable bonds is 3. The van der Waals surface area contributed by atoms with E-state index in [2.05, 4.69) is 15.3 Å². The van der Waals surface area contributed by atoms with E-state index >= 15 is 0 Å². The van der Waals surface area contributed by atoms with Crippen molar-refractivity contribution in [3.05, 3.63) is 28.0 Å². The third kappa shape index (κ3) is 3.34. The van der Waals surface area contributed by atoms with Crippen LogP contribution in [0.3, 0.4) is 0 Å². The second kappa shape index (κ2) is 5.79. The van der Waals surface area contributed by atoms with Crippen molar-refractivity contribution in [3.63, 3.8) is 0 Å². The third-order valence-corrected chi connectivity index (χ3v) is 4.43. The highest BCUT2D eigenvalue weighted by Gasteiger charge is 2.33. The fraction of sp³-hybridized carbons (Fsp3) is 0.538. The Labute approximate surface area is 128 Å². The molecule has 0 aliphatic heterocycles. The van der Waals surface area contributed by atoms with Gasteiger partial charge in [-0.05, 0) is 12.8 Å². The van der Waals surface area contributed by atoms with Gasteiger partial charge in [0.05, 0.1) is 12.2 Å². The first-order chi connectivity index (χ1) is 10.4. The Hall–Kier alpha value is -1.77. The zero-order valence-corrected chi connectivity index (χ0v) is 12.3. The smallest absolute Gasteiger partial charge is 0.300 e. The number of thiazole rings is 1. The standard InChI is InChI=1S/C13H13F3N4OS/c14-13(15,16)11-7-22-12(17-11)6-20-5-10(18-19-20)8-2-1-3-9(21)4-8/h5,7-8H,1-4,6H2. The summed E-state index contributed by atoms with van der Waals surface area (Å²) in [4.78, 5) is 15.0. The molecular weight excluding hydrogens is 317 g/mol. The van der Waals surface area contributed by atoms with Crippen LogP contribution in [0.2, 0.25) is 0 Å². The summed E-state index contributed by atoms with van der Waals surface area (Å²) in [5.74, 6) is 0.289. The SMILES string of the molecule is O=C1CCCC(c2cn(Cc3nc(C(F)(F)F)cs3)nn2)C1. The molecule has 1 aliphatic carbocycles. The lowest BCUT2D eigenvalue weighted by atomic mass is 9.86. The van der Waals surface area contributed by atoms with Crippen molar-refractivity contribution in [2.75, 3.05) is 0 Å². The molecule has 1 unspecified atom stereocenters. The third-order valence-electron chi connectivity index (χ3n) is 3.60. The number of alkyl halides is 3. The largest absolute Gasteiger partial charge is 0.434 e. The number of carbonyl (C=O) groups excluding carboxylic acids is 1. The first-order valence-electron chi connectivity index (χ1n) is 6.85. The molecule has 0 spiro atoms. The van der Waals surface area contributed by atoms with E-state index in [1.807, 2.05) is 0 Å². The maximum atomic E-state index is 12.5. The Morgan fingerprint density at radius 1 is 1.41 bits per heavy atom. The molecule has 118 valence electrons. The van der Waals surface area contributed by atoms with Crippen LogP contribution in [0, 0.1) is 0 Å². The zero-order chi connectivity index (χ0) is 15.7. The molecule has 0 amide bonds. The van der Waals surface area contributed by atoms with E-state index in [9.17, 15) is 18.0 Å². The fourth-order valence-corrected chi connectivity index (χ4v) is 3.30. The number of hydrogen-bond acceptors (Lipinski definition) is 5. The zero-order valence-electron chi connectivity index (χ0n) is 11.5. The second-order valence-electron chi connectivity index (χ2n) is 5.30. The lowest BCUT2D eigenvalue weighted by Gasteiger charge is -2.17. The molecule has 5 nitrogen and oxygen atoms in total. The minimum absolute atomic E-state index is 0.0667. The van der Waals surface area contributed by atoms with E-state index in [0.717, 1.165) is 35.3 Å². The van der Waals surface area contributed by atoms with Crippen LogP contribution in [0.4, 0.5) is 13.2 Å². The minimum atomic E-state index is -4.43. The molecule has 1 fully saturated rings. The number of nitrogens with zero attached hydrogens (tertiary/aromatic N) is 4. The van der Waals surface area contributed by atoms with Gasteiger partial charge in [0, 0.05) is 30.3 Å². The summed E-state index contributed by atoms with van der Waals surface area (Å²) in [7, 11) is 0. The Morgan fingerprint density at radius 3 is 2.91 bits per heavy atom. The van der Waals surface area contributed by atoms with Crippen molar-refractivity contribution < 1.29 is 18.0 Å². The fourth-order valence-electron chi connectivity index (χ4n) is 2.51. The Balaban J connectivity index is 1.69. The van der Waals surface area contributed by atoms with Crippen molar-refractivity contribution >= 4 is 17.1 Å². The van der Waals surface area contributed by atoms with Gasteiger partial charge in [-0.2, -0.15) is 13.2 Å². The lowest BCUT2D eigenvalue weighted by Crippen LogP contribution is -2.13. The van der Waals surface area contributed by atoms with Gasteiger partial charge in [-0.3, -0.25) is 4.79 Å². The number of aromatic nitrogens is 4. The van der Waals surface area contributed by atoms with E-state index in [1.54, 1.807) is 6.20 Å². The molecule has 3 rings (SSSR count). The minimum Gasteiger partial charge on any atom is -0.300 e. The topological polar surface area (TPSA) is 60.7 Å². The van der Waals surface area contributed by atoms with Gasteiger partial charge in [0.25, 0.3) is 0 Å². The van der Waals surface area contributed by atoms with E-state index in [1.165, 1.54) is 4.68 Å². The van der Waals surface area contributed by atoms with Crippen molar-refractivity contribution in [2.24, 2.45) is 0 Å². The molecule has 9 heteroatoms. The summed E-state index contributed by atoms with van der Waals surface area (Å²) in [6.07, 6.45) is 0.0818. The molecule has 22 heavy (non-hydrogen) atoms. The van der Waals surface area contributed by atoms with E-state index in [0.29, 0.717) is 17.8 Å². The predicted molar refractivity (Wildman–Crippen MR) is 72.5 cm³/mol. The number of Topliss-reactive ketones (excluding diaryl/α,β-unsaturated/α-hetero) is 1. The average molecular weight is 330 g/mol. The summed E-state index contributed by atoms with van der Waals surface area (Å²) in [5.41, 5.74) is -0.161. The van der Waals surface area contributed by atoms with Crippen LogP contribution in [0.25, 0.3) is 0 Å². The van der Waals surface area contributed by atoms with Gasteiger partial charge < -0.3 is 0 Å². The van der Waals surface area contributed by atoms with Crippen LogP contribution in [0.1, 0.15) is 48.0 Å². The molecule has 0 saturated heterocycles. The molecule has 2 aromatic heterocycles. The molecule has 2 aromatic rings. The highest BCUT2D eigenvalue weighted by Crippen LogP contribution is 2.31. The molecule has 1 saturated carbocycles. The molecule has 1 aliphatic rings. The summed E-state index contributed by atoms with van der Waals surface area (Å²) in [6.45, 7) is 0.147. The normalized spacial score (nSPS) is 19.6. The Morgan fingerprint density at radius 2 is 2.23 bits per heavy atom. The molecule has 1 atom stereocenters. The quantitative estimate of drug-likeness (QED) is 0.868. The van der Waals surface area contributed by atoms with Crippen molar-refractivity contribution in [1.29, 1.82) is 0 Å². The molecule has 0 N–H and O–H groups in total. The first-order valence-corrected chi connectivity index (χ1v) is 7.73. The van der Waals surface area contributed by atoms with Gasteiger partial charge in [0.15, 0.2) is 5.69 Å². The maximum Gasteiger partial charge on any atom is 0.434 e. The molecule has 0 aromatic carbocycles. The molecule has 2 heterocycles. The monoisotopic (exact) mass is 330 g/mol. The van der Waals surface area contributed by atoms with E-state index < -0.39 is 11.9 Å². The van der Waals surface area contributed by atoms with Gasteiger partial charge in [-0.1, -0.05) is 5.21 Å². The van der Waals surface area contributed by atoms with Gasteiger partial charge in [0.2, 0.25) is 0 Å². The van der Waals surface area contributed by atoms with Crippen LogP contribution in [-0.2, 0) is 17.5 Å². The van der Waals surface area contributed by atoms with Crippen LogP contribution >= 0.6 is 11.3 Å². The van der Waals surface area contributed by atoms with Crippen molar-refractivity contribution in [2.45, 2.75) is 44.3 Å². The predicted octanol–water partition coefficient (Wildman–Crippen LogP) is 3.03. The summed E-state index contributed by atoms with van der Waals surface area (Å²) in [6, 6.07) is 0. The molecule has 0 radical (unpaired) electrons. The molecular formula is C13H13F3N4OS. The van der Waals surface area contributed by atoms with Crippen molar-refractivity contribution in [3.8, 4) is 0 Å². The van der Waals surface area contributed by atoms with E-state index in [-0.39, 0.29) is 18.2 Å². The second-order valence-corrected chi connectivity index (χ2v) is 6.24. The lowest BCUT2D eigenvalue weighted by molar-refractivity contribution is -0.140. The van der Waals surface area contributed by atoms with Crippen LogP contribution in [-0.4, -0.2) is 25.8 Å². The average Bonchev–Trinajstić information content (AvgIpc) is 3.08. The van der Waals surface area contributed by atoms with Crippen molar-refractivity contribution in [1.82, 2.24) is 20.0 Å². The van der Waals surface area contributed by atoms with Gasteiger partial charge in [-0.15, -0.1) is 16.4 Å². The summed E-state index contributed by atoms with van der Waals surface area (Å²) >= 11 is 0.943. The number of ketones is 1. The van der Waals surface area contributed by atoms with Crippen LogP contribution in [0.5, 0.6) is 0 Å². The van der Waals surface area contributed by atoms with Crippen LogP contribution in [0.15, 0.2) is 11.6 Å². The van der Waals surface area contributed by atoms with Crippen LogP contribution < -0.4 is 0 Å². The van der Waals surface area contributed by atoms with E-state index in [4.69, 9.17) is 0 Å². The highest BCUT2D eigenvalue weighted by atomic mass is 32.1. The summed E-state index contributed by atoms with van der Waals surface area (Å²) in [5, 5.41) is 9.28. The number of hydrogen-bond donors (Lipinski definition) is 0. The highest BCUT2D eigenvalue weighted by molar-refractivity contribution is 7.09. The number of halogens is 3. The first kappa shape index (κ1) is 15.1. The Kier molecular flexibility index (Phi) is 3.98. The van der Waals surface area contributed by atoms with Gasteiger partial charge >= 0.3 is 6.18 Å².